The first-order valence-electron chi connectivity index (χ1n) is 12.8. The van der Waals surface area contributed by atoms with E-state index < -0.39 is 0 Å². The fraction of sp³-hybridized carbons (Fsp3) is 0.387. The average Bonchev–Trinajstić information content (AvgIpc) is 3.25. The van der Waals surface area contributed by atoms with Crippen LogP contribution in [0.5, 0.6) is 5.75 Å². The van der Waals surface area contributed by atoms with E-state index in [2.05, 4.69) is 62.1 Å². The van der Waals surface area contributed by atoms with Crippen molar-refractivity contribution in [2.45, 2.75) is 33.2 Å². The van der Waals surface area contributed by atoms with Gasteiger partial charge in [-0.05, 0) is 66.3 Å². The minimum absolute atomic E-state index is 0.0368. The number of carbonyl (C=O) groups excluding carboxylic acids is 1. The first-order valence-corrected chi connectivity index (χ1v) is 12.8. The zero-order valence-corrected chi connectivity index (χ0v) is 21.8. The van der Waals surface area contributed by atoms with E-state index in [0.717, 1.165) is 25.4 Å². The molecule has 1 aliphatic heterocycles. The highest BCUT2D eigenvalue weighted by atomic mass is 19.1. The zero-order valence-electron chi connectivity index (χ0n) is 21.8. The number of carbonyl (C=O) groups is 1. The number of rotatable bonds is 9. The number of amides is 1. The van der Waals surface area contributed by atoms with Gasteiger partial charge in [0, 0.05) is 44.2 Å². The molecule has 1 aliphatic rings. The van der Waals surface area contributed by atoms with Gasteiger partial charge in [-0.25, -0.2) is 4.39 Å². The van der Waals surface area contributed by atoms with Crippen LogP contribution in [-0.2, 0) is 6.54 Å². The van der Waals surface area contributed by atoms with Crippen LogP contribution >= 0.6 is 0 Å². The summed E-state index contributed by atoms with van der Waals surface area (Å²) in [7, 11) is 1.70. The summed E-state index contributed by atoms with van der Waals surface area (Å²) >= 11 is 0. The number of halogens is 1. The van der Waals surface area contributed by atoms with Crippen LogP contribution in [0.25, 0.3) is 0 Å². The number of methoxy groups -OCH3 is 1. The largest absolute Gasteiger partial charge is 0.497 e. The number of aryl methyl sites for hydroxylation is 1. The van der Waals surface area contributed by atoms with E-state index in [1.807, 2.05) is 17.0 Å². The Hall–Kier alpha value is -3.18. The summed E-state index contributed by atoms with van der Waals surface area (Å²) in [5.41, 5.74) is 4.34. The van der Waals surface area contributed by atoms with Crippen molar-refractivity contribution >= 4 is 5.91 Å². The Morgan fingerprint density at radius 1 is 1.06 bits per heavy atom. The van der Waals surface area contributed by atoms with E-state index in [0.29, 0.717) is 24.6 Å². The normalized spacial score (nSPS) is 17.9. The van der Waals surface area contributed by atoms with Gasteiger partial charge in [0.1, 0.15) is 11.6 Å². The predicted octanol–water partition coefficient (Wildman–Crippen LogP) is 6.16. The molecule has 4 nitrogen and oxygen atoms in total. The van der Waals surface area contributed by atoms with Crippen LogP contribution in [0.3, 0.4) is 0 Å². The summed E-state index contributed by atoms with van der Waals surface area (Å²) in [5.74, 6) is 1.36. The van der Waals surface area contributed by atoms with Gasteiger partial charge in [0.15, 0.2) is 0 Å². The maximum absolute atomic E-state index is 13.5. The van der Waals surface area contributed by atoms with E-state index in [-0.39, 0.29) is 23.6 Å². The lowest BCUT2D eigenvalue weighted by atomic mass is 9.88. The minimum atomic E-state index is -0.331. The van der Waals surface area contributed by atoms with Crippen molar-refractivity contribution in [3.63, 3.8) is 0 Å². The summed E-state index contributed by atoms with van der Waals surface area (Å²) in [6, 6.07) is 22.9. The molecule has 1 amide bonds. The molecule has 0 bridgehead atoms. The van der Waals surface area contributed by atoms with Crippen LogP contribution in [0.1, 0.15) is 46.8 Å². The topological polar surface area (TPSA) is 32.8 Å². The van der Waals surface area contributed by atoms with E-state index in [4.69, 9.17) is 4.74 Å². The Kier molecular flexibility index (Phi) is 8.42. The number of ether oxygens (including phenoxy) is 1. The lowest BCUT2D eigenvalue weighted by Gasteiger charge is -2.30. The van der Waals surface area contributed by atoms with Crippen molar-refractivity contribution < 1.29 is 13.9 Å². The first kappa shape index (κ1) is 25.9. The Labute approximate surface area is 214 Å². The molecule has 5 heteroatoms. The van der Waals surface area contributed by atoms with Gasteiger partial charge >= 0.3 is 0 Å². The van der Waals surface area contributed by atoms with Crippen molar-refractivity contribution in [2.75, 3.05) is 33.3 Å². The van der Waals surface area contributed by atoms with E-state index in [1.54, 1.807) is 19.2 Å². The Bertz CT molecular complexity index is 1160. The third kappa shape index (κ3) is 6.52. The third-order valence-corrected chi connectivity index (χ3v) is 6.95. The highest BCUT2D eigenvalue weighted by Crippen LogP contribution is 2.36. The molecular formula is C31H37FN2O2. The minimum Gasteiger partial charge on any atom is -0.497 e. The molecule has 2 atom stereocenters. The molecule has 0 saturated carbocycles. The molecule has 0 aliphatic carbocycles. The molecule has 1 heterocycles. The molecule has 1 fully saturated rings. The van der Waals surface area contributed by atoms with Crippen LogP contribution in [0.2, 0.25) is 0 Å². The summed E-state index contributed by atoms with van der Waals surface area (Å²) in [6.45, 7) is 10.4. The number of benzene rings is 3. The second-order valence-corrected chi connectivity index (χ2v) is 10.4. The number of hydrogen-bond acceptors (Lipinski definition) is 3. The van der Waals surface area contributed by atoms with Crippen LogP contribution < -0.4 is 4.74 Å². The molecule has 3 aromatic rings. The summed E-state index contributed by atoms with van der Waals surface area (Å²) < 4.78 is 19.0. The van der Waals surface area contributed by atoms with Crippen molar-refractivity contribution in [1.82, 2.24) is 9.80 Å². The zero-order chi connectivity index (χ0) is 25.7. The molecule has 0 radical (unpaired) electrons. The van der Waals surface area contributed by atoms with Gasteiger partial charge in [-0.1, -0.05) is 55.8 Å². The second kappa shape index (κ2) is 11.7. The molecule has 190 valence electrons. The Balaban J connectivity index is 1.60. The monoisotopic (exact) mass is 488 g/mol. The van der Waals surface area contributed by atoms with Crippen LogP contribution in [0.4, 0.5) is 4.39 Å². The molecular weight excluding hydrogens is 451 g/mol. The highest BCUT2D eigenvalue weighted by molar-refractivity contribution is 5.94. The maximum atomic E-state index is 13.5. The van der Waals surface area contributed by atoms with Crippen molar-refractivity contribution in [1.29, 1.82) is 0 Å². The molecule has 1 saturated heterocycles. The maximum Gasteiger partial charge on any atom is 0.253 e. The van der Waals surface area contributed by atoms with Gasteiger partial charge in [0.2, 0.25) is 0 Å². The van der Waals surface area contributed by atoms with Gasteiger partial charge < -0.3 is 9.64 Å². The van der Waals surface area contributed by atoms with Crippen LogP contribution in [0, 0.1) is 24.6 Å². The first-order chi connectivity index (χ1) is 17.3. The van der Waals surface area contributed by atoms with Gasteiger partial charge in [0.25, 0.3) is 5.91 Å². The lowest BCUT2D eigenvalue weighted by molar-refractivity contribution is 0.0703. The molecule has 3 aromatic carbocycles. The quantitative estimate of drug-likeness (QED) is 0.362. The number of likely N-dealkylation sites (tertiary alicyclic amines) is 1. The number of hydrogen-bond donors (Lipinski definition) is 0. The molecule has 36 heavy (non-hydrogen) atoms. The number of nitrogens with zero attached hydrogens (tertiary/aromatic N) is 2. The summed E-state index contributed by atoms with van der Waals surface area (Å²) in [5, 5.41) is 0. The van der Waals surface area contributed by atoms with Crippen LogP contribution in [-0.4, -0.2) is 49.0 Å². The fourth-order valence-corrected chi connectivity index (χ4v) is 5.33. The highest BCUT2D eigenvalue weighted by Gasteiger charge is 2.36. The van der Waals surface area contributed by atoms with Crippen molar-refractivity contribution in [2.24, 2.45) is 11.8 Å². The third-order valence-electron chi connectivity index (χ3n) is 6.95. The fourth-order valence-electron chi connectivity index (χ4n) is 5.33. The van der Waals surface area contributed by atoms with Crippen LogP contribution in [0.15, 0.2) is 72.8 Å². The van der Waals surface area contributed by atoms with Gasteiger partial charge in [-0.2, -0.15) is 0 Å². The Morgan fingerprint density at radius 3 is 2.50 bits per heavy atom. The van der Waals surface area contributed by atoms with E-state index in [9.17, 15) is 9.18 Å². The molecule has 0 N–H and O–H groups in total. The SMILES string of the molecule is COc1cccc([C@H]2CN(Cc3cccc(C)c3)C[C@@H]2CN(CC(C)C)C(=O)c2ccc(F)cc2)c1. The lowest BCUT2D eigenvalue weighted by Crippen LogP contribution is -2.39. The molecule has 0 aromatic heterocycles. The summed E-state index contributed by atoms with van der Waals surface area (Å²) in [4.78, 5) is 18.0. The van der Waals surface area contributed by atoms with Gasteiger partial charge in [0.05, 0.1) is 7.11 Å². The average molecular weight is 489 g/mol. The molecule has 4 rings (SSSR count). The Morgan fingerprint density at radius 2 is 1.81 bits per heavy atom. The predicted molar refractivity (Wildman–Crippen MR) is 143 cm³/mol. The van der Waals surface area contributed by atoms with E-state index >= 15 is 0 Å². The van der Waals surface area contributed by atoms with E-state index in [1.165, 1.54) is 28.8 Å². The smallest absolute Gasteiger partial charge is 0.253 e. The van der Waals surface area contributed by atoms with Gasteiger partial charge in [-0.15, -0.1) is 0 Å². The van der Waals surface area contributed by atoms with Crippen molar-refractivity contribution in [3.8, 4) is 5.75 Å². The summed E-state index contributed by atoms with van der Waals surface area (Å²) in [6.07, 6.45) is 0. The second-order valence-electron chi connectivity index (χ2n) is 10.4. The standard InChI is InChI=1S/C31H37FN2O2/c1-22(2)17-34(31(35)25-11-13-28(32)14-12-25)20-27-19-33(18-24-8-5-7-23(3)15-24)21-30(27)26-9-6-10-29(16-26)36-4/h5-16,22,27,30H,17-21H2,1-4H3/t27-,30-/m1/s1. The molecule has 0 unspecified atom stereocenters. The van der Waals surface area contributed by atoms with Crippen molar-refractivity contribution in [3.05, 3.63) is 101 Å². The molecule has 0 spiro atoms. The van der Waals surface area contributed by atoms with Gasteiger partial charge in [-0.3, -0.25) is 9.69 Å².